The lowest BCUT2D eigenvalue weighted by Gasteiger charge is -2.40. The number of aliphatic hydroxyl groups is 1. The summed E-state index contributed by atoms with van der Waals surface area (Å²) in [5.74, 6) is 0.419. The summed E-state index contributed by atoms with van der Waals surface area (Å²) in [5.41, 5.74) is 7.19. The fourth-order valence-corrected chi connectivity index (χ4v) is 4.52. The number of carbonyl (C=O) groups is 1. The summed E-state index contributed by atoms with van der Waals surface area (Å²) in [6.45, 7) is 3.51. The molecule has 9 heteroatoms. The summed E-state index contributed by atoms with van der Waals surface area (Å²) in [6, 6.07) is -0.858. The largest absolute Gasteiger partial charge is 0.394 e. The Balaban J connectivity index is 1.57. The third-order valence-electron chi connectivity index (χ3n) is 6.22. The third-order valence-corrected chi connectivity index (χ3v) is 6.22. The zero-order valence-corrected chi connectivity index (χ0v) is 15.4. The van der Waals surface area contributed by atoms with Gasteiger partial charge in [-0.25, -0.2) is 4.98 Å². The van der Waals surface area contributed by atoms with Gasteiger partial charge in [-0.2, -0.15) is 0 Å². The summed E-state index contributed by atoms with van der Waals surface area (Å²) in [5, 5.41) is 9.12. The Morgan fingerprint density at radius 1 is 1.26 bits per heavy atom. The van der Waals surface area contributed by atoms with Crippen molar-refractivity contribution in [3.63, 3.8) is 0 Å². The summed E-state index contributed by atoms with van der Waals surface area (Å²) >= 11 is 0. The lowest BCUT2D eigenvalue weighted by atomic mass is 9.76. The Hall–Kier alpha value is -1.97. The van der Waals surface area contributed by atoms with Crippen LogP contribution in [0, 0.1) is 0 Å². The van der Waals surface area contributed by atoms with E-state index in [0.29, 0.717) is 32.3 Å². The van der Waals surface area contributed by atoms with Gasteiger partial charge >= 0.3 is 0 Å². The molecule has 0 aromatic carbocycles. The van der Waals surface area contributed by atoms with Gasteiger partial charge in [0.25, 0.3) is 5.56 Å². The molecular weight excluding hydrogens is 350 g/mol. The number of anilines is 1. The third kappa shape index (κ3) is 3.24. The molecule has 3 aliphatic rings. The Labute approximate surface area is 157 Å². The molecule has 0 saturated carbocycles. The molecule has 0 unspecified atom stereocenters. The zero-order chi connectivity index (χ0) is 19.0. The highest BCUT2D eigenvalue weighted by molar-refractivity contribution is 5.81. The number of hydrogen-bond donors (Lipinski definition) is 3. The molecule has 0 bridgehead atoms. The van der Waals surface area contributed by atoms with Crippen molar-refractivity contribution in [2.75, 3.05) is 50.9 Å². The number of carbonyl (C=O) groups excluding carboxylic acids is 1. The van der Waals surface area contributed by atoms with E-state index in [1.165, 1.54) is 0 Å². The molecule has 3 heterocycles. The van der Waals surface area contributed by atoms with Crippen LogP contribution in [0.4, 0.5) is 5.95 Å². The van der Waals surface area contributed by atoms with E-state index in [1.807, 2.05) is 0 Å². The number of nitrogens with two attached hydrogens (primary N) is 1. The number of likely N-dealkylation sites (tertiary alicyclic amines) is 1. The van der Waals surface area contributed by atoms with E-state index >= 15 is 0 Å². The highest BCUT2D eigenvalue weighted by Gasteiger charge is 2.45. The average molecular weight is 377 g/mol. The fourth-order valence-electron chi connectivity index (χ4n) is 4.52. The van der Waals surface area contributed by atoms with Gasteiger partial charge in [-0.3, -0.25) is 14.6 Å². The molecule has 1 aliphatic carbocycles. The van der Waals surface area contributed by atoms with E-state index < -0.39 is 6.04 Å². The Morgan fingerprint density at radius 2 is 1.96 bits per heavy atom. The van der Waals surface area contributed by atoms with Crippen LogP contribution in [0.1, 0.15) is 30.5 Å². The van der Waals surface area contributed by atoms with Crippen LogP contribution in [0.5, 0.6) is 0 Å². The summed E-state index contributed by atoms with van der Waals surface area (Å²) in [7, 11) is 0. The van der Waals surface area contributed by atoms with E-state index in [-0.39, 0.29) is 23.5 Å². The number of H-pyrrole nitrogens is 1. The molecule has 9 nitrogen and oxygen atoms in total. The maximum Gasteiger partial charge on any atom is 0.255 e. The van der Waals surface area contributed by atoms with Crippen molar-refractivity contribution in [2.45, 2.75) is 37.1 Å². The molecule has 0 radical (unpaired) electrons. The number of rotatable bonds is 3. The van der Waals surface area contributed by atoms with Gasteiger partial charge in [-0.1, -0.05) is 0 Å². The summed E-state index contributed by atoms with van der Waals surface area (Å²) in [6.07, 6.45) is 3.15. The molecule has 1 aromatic rings. The quantitative estimate of drug-likeness (QED) is 0.600. The van der Waals surface area contributed by atoms with E-state index in [2.05, 4.69) is 9.88 Å². The number of hydrogen-bond acceptors (Lipinski definition) is 7. The molecule has 1 spiro atoms. The smallest absolute Gasteiger partial charge is 0.255 e. The van der Waals surface area contributed by atoms with Crippen molar-refractivity contribution in [2.24, 2.45) is 5.73 Å². The van der Waals surface area contributed by atoms with E-state index in [0.717, 1.165) is 50.0 Å². The van der Waals surface area contributed by atoms with Gasteiger partial charge in [0.15, 0.2) is 0 Å². The van der Waals surface area contributed by atoms with Gasteiger partial charge in [-0.05, 0) is 25.7 Å². The molecule has 1 aromatic heterocycles. The molecular formula is C18H27N5O4. The molecule has 27 heavy (non-hydrogen) atoms. The average Bonchev–Trinajstić information content (AvgIpc) is 3.06. The molecule has 2 saturated heterocycles. The maximum absolute atomic E-state index is 12.6. The Morgan fingerprint density at radius 3 is 2.63 bits per heavy atom. The first-order valence-electron chi connectivity index (χ1n) is 9.66. The van der Waals surface area contributed by atoms with Gasteiger partial charge < -0.3 is 25.4 Å². The standard InChI is InChI=1S/C18H27N5O4/c19-13(11-24)16(26)22-5-3-18(4-6-22)2-1-12-14(18)20-17(21-15(12)25)23-7-9-27-10-8-23/h13,24H,1-11,19H2,(H,20,21,25)/t13-/m0/s1. The van der Waals surface area contributed by atoms with Crippen molar-refractivity contribution in [1.29, 1.82) is 0 Å². The minimum Gasteiger partial charge on any atom is -0.394 e. The molecule has 4 rings (SSSR count). The number of aromatic nitrogens is 2. The fraction of sp³-hybridized carbons (Fsp3) is 0.722. The predicted molar refractivity (Wildman–Crippen MR) is 98.8 cm³/mol. The number of morpholine rings is 1. The number of ether oxygens (including phenoxy) is 1. The van der Waals surface area contributed by atoms with Gasteiger partial charge in [-0.15, -0.1) is 0 Å². The van der Waals surface area contributed by atoms with Crippen molar-refractivity contribution in [3.05, 3.63) is 21.6 Å². The number of piperidine rings is 1. The van der Waals surface area contributed by atoms with Crippen LogP contribution in [0.3, 0.4) is 0 Å². The van der Waals surface area contributed by atoms with Crippen LogP contribution >= 0.6 is 0 Å². The van der Waals surface area contributed by atoms with Crippen molar-refractivity contribution in [1.82, 2.24) is 14.9 Å². The molecule has 2 aliphatic heterocycles. The first kappa shape index (κ1) is 18.4. The molecule has 4 N–H and O–H groups in total. The Bertz CT molecular complexity index is 766. The van der Waals surface area contributed by atoms with Crippen molar-refractivity contribution >= 4 is 11.9 Å². The van der Waals surface area contributed by atoms with Crippen LogP contribution in [0.2, 0.25) is 0 Å². The monoisotopic (exact) mass is 377 g/mol. The number of nitrogens with zero attached hydrogens (tertiary/aromatic N) is 3. The van der Waals surface area contributed by atoms with E-state index in [1.54, 1.807) is 4.90 Å². The SMILES string of the molecule is N[C@@H](CO)C(=O)N1CCC2(CCc3c2nc(N2CCOCC2)[nH]c3=O)CC1. The van der Waals surface area contributed by atoms with Gasteiger partial charge in [0.05, 0.1) is 25.5 Å². The minimum absolute atomic E-state index is 0.0424. The topological polar surface area (TPSA) is 125 Å². The second-order valence-corrected chi connectivity index (χ2v) is 7.71. The Kier molecular flexibility index (Phi) is 4.92. The van der Waals surface area contributed by atoms with Crippen molar-refractivity contribution < 1.29 is 14.6 Å². The van der Waals surface area contributed by atoms with Crippen LogP contribution in [-0.2, 0) is 21.4 Å². The van der Waals surface area contributed by atoms with E-state index in [4.69, 9.17) is 20.6 Å². The van der Waals surface area contributed by atoms with Crippen molar-refractivity contribution in [3.8, 4) is 0 Å². The predicted octanol–water partition coefficient (Wildman–Crippen LogP) is -1.27. The van der Waals surface area contributed by atoms with Crippen LogP contribution in [0.15, 0.2) is 4.79 Å². The molecule has 2 fully saturated rings. The van der Waals surface area contributed by atoms with Gasteiger partial charge in [0.2, 0.25) is 11.9 Å². The number of fused-ring (bicyclic) bond motifs is 2. The zero-order valence-electron chi connectivity index (χ0n) is 15.4. The molecule has 148 valence electrons. The van der Waals surface area contributed by atoms with Crippen LogP contribution in [0.25, 0.3) is 0 Å². The normalized spacial score (nSPS) is 22.7. The molecule has 1 amide bonds. The maximum atomic E-state index is 12.6. The van der Waals surface area contributed by atoms with E-state index in [9.17, 15) is 9.59 Å². The highest BCUT2D eigenvalue weighted by Crippen LogP contribution is 2.44. The van der Waals surface area contributed by atoms with Gasteiger partial charge in [0, 0.05) is 37.2 Å². The second-order valence-electron chi connectivity index (χ2n) is 7.71. The number of aliphatic hydroxyl groups excluding tert-OH is 1. The van der Waals surface area contributed by atoms with Crippen LogP contribution < -0.4 is 16.2 Å². The second kappa shape index (κ2) is 7.21. The summed E-state index contributed by atoms with van der Waals surface area (Å²) < 4.78 is 5.39. The van der Waals surface area contributed by atoms with Gasteiger partial charge in [0.1, 0.15) is 6.04 Å². The first-order valence-corrected chi connectivity index (χ1v) is 9.66. The number of aromatic amines is 1. The van der Waals surface area contributed by atoms with Crippen LogP contribution in [-0.4, -0.2) is 77.9 Å². The minimum atomic E-state index is -0.858. The lowest BCUT2D eigenvalue weighted by Crippen LogP contribution is -2.51. The first-order chi connectivity index (χ1) is 13.0. The molecule has 1 atom stereocenters. The summed E-state index contributed by atoms with van der Waals surface area (Å²) in [4.78, 5) is 36.5. The number of nitrogens with one attached hydrogen (secondary N) is 1. The number of amides is 1. The highest BCUT2D eigenvalue weighted by atomic mass is 16.5. The lowest BCUT2D eigenvalue weighted by molar-refractivity contribution is -0.135.